The van der Waals surface area contributed by atoms with Crippen LogP contribution in [0.5, 0.6) is 0 Å². The maximum absolute atomic E-state index is 12.1. The first-order chi connectivity index (χ1) is 8.85. The van der Waals surface area contributed by atoms with Gasteiger partial charge in [0.15, 0.2) is 0 Å². The van der Waals surface area contributed by atoms with Gasteiger partial charge in [-0.2, -0.15) is 18.4 Å². The highest BCUT2D eigenvalue weighted by molar-refractivity contribution is 5.15. The van der Waals surface area contributed by atoms with Crippen molar-refractivity contribution in [2.75, 3.05) is 0 Å². The molecule has 0 saturated heterocycles. The number of alkyl halides is 3. The van der Waals surface area contributed by atoms with E-state index in [-0.39, 0.29) is 12.8 Å². The molecule has 0 spiro atoms. The lowest BCUT2D eigenvalue weighted by atomic mass is 9.96. The second-order valence-corrected chi connectivity index (χ2v) is 4.75. The minimum absolute atomic E-state index is 0.0463. The number of halogens is 3. The first-order valence-corrected chi connectivity index (χ1v) is 6.12. The topological polar surface area (TPSA) is 35.8 Å². The predicted molar refractivity (Wildman–Crippen MR) is 67.2 cm³/mol. The van der Waals surface area contributed by atoms with E-state index >= 15 is 0 Å². The van der Waals surface area contributed by atoms with E-state index in [1.54, 1.807) is 6.92 Å². The van der Waals surface area contributed by atoms with Gasteiger partial charge in [0.2, 0.25) is 0 Å². The summed E-state index contributed by atoms with van der Waals surface area (Å²) < 4.78 is 36.2. The largest absolute Gasteiger partial charge is 0.389 e. The summed E-state index contributed by atoms with van der Waals surface area (Å²) in [4.78, 5) is 0. The van der Waals surface area contributed by atoms with Crippen molar-refractivity contribution in [2.24, 2.45) is 0 Å². The van der Waals surface area contributed by atoms with Crippen LogP contribution < -0.4 is 5.32 Å². The Morgan fingerprint density at radius 3 is 2.32 bits per heavy atom. The van der Waals surface area contributed by atoms with Crippen LogP contribution in [0.25, 0.3) is 0 Å². The molecule has 0 amide bonds. The number of nitriles is 1. The van der Waals surface area contributed by atoms with Crippen LogP contribution in [0.2, 0.25) is 0 Å². The van der Waals surface area contributed by atoms with Gasteiger partial charge in [0.05, 0.1) is 6.07 Å². The van der Waals surface area contributed by atoms with Crippen molar-refractivity contribution in [1.82, 2.24) is 5.32 Å². The highest BCUT2D eigenvalue weighted by atomic mass is 19.4. The zero-order chi connectivity index (χ0) is 14.4. The smallest absolute Gasteiger partial charge is 0.296 e. The van der Waals surface area contributed by atoms with Gasteiger partial charge in [0.1, 0.15) is 5.54 Å². The molecule has 0 fully saturated rings. The fourth-order valence-corrected chi connectivity index (χ4v) is 1.72. The maximum Gasteiger partial charge on any atom is 0.389 e. The molecule has 0 aliphatic heterocycles. The van der Waals surface area contributed by atoms with Crippen LogP contribution in [0.1, 0.15) is 31.7 Å². The third kappa shape index (κ3) is 6.25. The quantitative estimate of drug-likeness (QED) is 0.853. The highest BCUT2D eigenvalue weighted by Crippen LogP contribution is 2.24. The van der Waals surface area contributed by atoms with Crippen molar-refractivity contribution in [3.63, 3.8) is 0 Å². The molecule has 5 heteroatoms. The fraction of sp³-hybridized carbons (Fsp3) is 0.500. The molecular weight excluding hydrogens is 253 g/mol. The van der Waals surface area contributed by atoms with Gasteiger partial charge in [-0.05, 0) is 25.3 Å². The average molecular weight is 270 g/mol. The lowest BCUT2D eigenvalue weighted by Crippen LogP contribution is -2.40. The Hall–Kier alpha value is -1.54. The van der Waals surface area contributed by atoms with Gasteiger partial charge < -0.3 is 0 Å². The number of hydrogen-bond donors (Lipinski definition) is 1. The fourth-order valence-electron chi connectivity index (χ4n) is 1.72. The zero-order valence-electron chi connectivity index (χ0n) is 10.8. The SMILES string of the molecule is CC(C#N)(CCCC(F)(F)F)NCc1ccccc1. The first-order valence-electron chi connectivity index (χ1n) is 6.12. The van der Waals surface area contributed by atoms with Crippen molar-refractivity contribution >= 4 is 0 Å². The third-order valence-electron chi connectivity index (χ3n) is 2.91. The number of hydrogen-bond acceptors (Lipinski definition) is 2. The van der Waals surface area contributed by atoms with Crippen molar-refractivity contribution in [2.45, 2.75) is 44.4 Å². The second kappa shape index (κ2) is 6.58. The van der Waals surface area contributed by atoms with Crippen LogP contribution in [0.15, 0.2) is 30.3 Å². The van der Waals surface area contributed by atoms with E-state index < -0.39 is 18.1 Å². The lowest BCUT2D eigenvalue weighted by Gasteiger charge is -2.23. The molecule has 0 bridgehead atoms. The molecular formula is C14H17F3N2. The van der Waals surface area contributed by atoms with Gasteiger partial charge in [-0.3, -0.25) is 5.32 Å². The Balaban J connectivity index is 2.45. The molecule has 19 heavy (non-hydrogen) atoms. The van der Waals surface area contributed by atoms with Crippen molar-refractivity contribution in [1.29, 1.82) is 5.26 Å². The van der Waals surface area contributed by atoms with Gasteiger partial charge in [0.25, 0.3) is 0 Å². The summed E-state index contributed by atoms with van der Waals surface area (Å²) in [7, 11) is 0. The van der Waals surface area contributed by atoms with Crippen molar-refractivity contribution < 1.29 is 13.2 Å². The Labute approximate surface area is 111 Å². The molecule has 0 radical (unpaired) electrons. The molecule has 1 atom stereocenters. The van der Waals surface area contributed by atoms with Gasteiger partial charge >= 0.3 is 6.18 Å². The molecule has 1 unspecified atom stereocenters. The summed E-state index contributed by atoms with van der Waals surface area (Å²) >= 11 is 0. The van der Waals surface area contributed by atoms with E-state index in [0.717, 1.165) is 5.56 Å². The van der Waals surface area contributed by atoms with E-state index in [9.17, 15) is 13.2 Å². The summed E-state index contributed by atoms with van der Waals surface area (Å²) in [5, 5.41) is 12.1. The van der Waals surface area contributed by atoms with Gasteiger partial charge in [-0.25, -0.2) is 0 Å². The summed E-state index contributed by atoms with van der Waals surface area (Å²) in [6.45, 7) is 2.10. The molecule has 104 valence electrons. The molecule has 0 heterocycles. The minimum Gasteiger partial charge on any atom is -0.296 e. The first kappa shape index (κ1) is 15.5. The van der Waals surface area contributed by atoms with Gasteiger partial charge in [-0.15, -0.1) is 0 Å². The second-order valence-electron chi connectivity index (χ2n) is 4.75. The number of rotatable bonds is 6. The molecule has 0 aliphatic carbocycles. The Kier molecular flexibility index (Phi) is 5.37. The minimum atomic E-state index is -4.16. The van der Waals surface area contributed by atoms with Crippen LogP contribution in [0.3, 0.4) is 0 Å². The number of nitrogens with one attached hydrogen (secondary N) is 1. The Bertz CT molecular complexity index is 423. The van der Waals surface area contributed by atoms with E-state index in [0.29, 0.717) is 6.54 Å². The zero-order valence-corrected chi connectivity index (χ0v) is 10.8. The summed E-state index contributed by atoms with van der Waals surface area (Å²) in [6.07, 6.45) is -4.88. The van der Waals surface area contributed by atoms with Gasteiger partial charge in [-0.1, -0.05) is 30.3 Å². The average Bonchev–Trinajstić information content (AvgIpc) is 2.36. The van der Waals surface area contributed by atoms with Gasteiger partial charge in [0, 0.05) is 13.0 Å². The van der Waals surface area contributed by atoms with Crippen molar-refractivity contribution in [3.8, 4) is 6.07 Å². The van der Waals surface area contributed by atoms with E-state index in [4.69, 9.17) is 5.26 Å². The highest BCUT2D eigenvalue weighted by Gasteiger charge is 2.29. The molecule has 1 rings (SSSR count). The van der Waals surface area contributed by atoms with Crippen LogP contribution in [-0.2, 0) is 6.54 Å². The Morgan fingerprint density at radius 1 is 1.16 bits per heavy atom. The van der Waals surface area contributed by atoms with Crippen LogP contribution in [0.4, 0.5) is 13.2 Å². The molecule has 1 N–H and O–H groups in total. The van der Waals surface area contributed by atoms with Crippen molar-refractivity contribution in [3.05, 3.63) is 35.9 Å². The summed E-state index contributed by atoms with van der Waals surface area (Å²) in [5.41, 5.74) is 0.0703. The summed E-state index contributed by atoms with van der Waals surface area (Å²) in [6, 6.07) is 11.5. The van der Waals surface area contributed by atoms with E-state index in [2.05, 4.69) is 11.4 Å². The molecule has 0 aromatic heterocycles. The molecule has 0 saturated carbocycles. The number of benzene rings is 1. The third-order valence-corrected chi connectivity index (χ3v) is 2.91. The van der Waals surface area contributed by atoms with Crippen LogP contribution in [-0.4, -0.2) is 11.7 Å². The standard InChI is InChI=1S/C14H17F3N2/c1-13(11-18,8-5-9-14(15,16)17)19-10-12-6-3-2-4-7-12/h2-4,6-7,19H,5,8-10H2,1H3. The lowest BCUT2D eigenvalue weighted by molar-refractivity contribution is -0.136. The normalized spacial score (nSPS) is 14.7. The predicted octanol–water partition coefficient (Wildman–Crippen LogP) is 3.79. The van der Waals surface area contributed by atoms with E-state index in [1.165, 1.54) is 0 Å². The van der Waals surface area contributed by atoms with Crippen LogP contribution in [0, 0.1) is 11.3 Å². The van der Waals surface area contributed by atoms with Crippen LogP contribution >= 0.6 is 0 Å². The molecule has 2 nitrogen and oxygen atoms in total. The monoisotopic (exact) mass is 270 g/mol. The van der Waals surface area contributed by atoms with E-state index in [1.807, 2.05) is 30.3 Å². The Morgan fingerprint density at radius 2 is 1.79 bits per heavy atom. The molecule has 1 aromatic carbocycles. The molecule has 1 aromatic rings. The molecule has 0 aliphatic rings. The summed E-state index contributed by atoms with van der Waals surface area (Å²) in [5.74, 6) is 0. The maximum atomic E-state index is 12.1. The number of nitrogens with zero attached hydrogens (tertiary/aromatic N) is 1.